The van der Waals surface area contributed by atoms with Gasteiger partial charge in [0.25, 0.3) is 0 Å². The molecule has 0 aliphatic rings. The molecule has 162 valence electrons. The quantitative estimate of drug-likeness (QED) is 0.257. The molecule has 0 unspecified atom stereocenters. The average Bonchev–Trinajstić information content (AvgIpc) is 2.72. The third-order valence-electron chi connectivity index (χ3n) is 4.63. The molecule has 1 aromatic carbocycles. The lowest BCUT2D eigenvalue weighted by molar-refractivity contribution is -0.116. The van der Waals surface area contributed by atoms with Crippen LogP contribution in [0.25, 0.3) is 10.9 Å². The van der Waals surface area contributed by atoms with Crippen molar-refractivity contribution in [3.05, 3.63) is 60.7 Å². The van der Waals surface area contributed by atoms with E-state index in [4.69, 9.17) is 4.74 Å². The van der Waals surface area contributed by atoms with Crippen molar-refractivity contribution in [1.82, 2.24) is 10.3 Å². The number of hydrogen-bond donors (Lipinski definition) is 1. The zero-order chi connectivity index (χ0) is 21.7. The van der Waals surface area contributed by atoms with E-state index in [1.54, 1.807) is 6.08 Å². The van der Waals surface area contributed by atoms with E-state index in [9.17, 15) is 4.79 Å². The number of nitrogens with zero attached hydrogens (tertiary/aromatic N) is 1. The first kappa shape index (κ1) is 23.7. The fourth-order valence-corrected chi connectivity index (χ4v) is 2.93. The molecule has 2 rings (SSSR count). The second kappa shape index (κ2) is 12.8. The van der Waals surface area contributed by atoms with Crippen LogP contribution in [0.15, 0.2) is 60.7 Å². The van der Waals surface area contributed by atoms with Gasteiger partial charge in [0.1, 0.15) is 0 Å². The van der Waals surface area contributed by atoms with E-state index in [1.165, 1.54) is 25.7 Å². The Morgan fingerprint density at radius 1 is 1.00 bits per heavy atom. The van der Waals surface area contributed by atoms with Gasteiger partial charge in [0, 0.05) is 24.1 Å². The molecule has 0 saturated heterocycles. The maximum absolute atomic E-state index is 11.7. The van der Waals surface area contributed by atoms with Crippen LogP contribution in [0.3, 0.4) is 0 Å². The fraction of sp³-hybridized carbons (Fsp3) is 0.462. The van der Waals surface area contributed by atoms with Gasteiger partial charge < -0.3 is 10.1 Å². The fourth-order valence-electron chi connectivity index (χ4n) is 2.93. The molecule has 4 heteroatoms. The van der Waals surface area contributed by atoms with Crippen LogP contribution in [0, 0.1) is 5.41 Å². The largest absolute Gasteiger partial charge is 0.478 e. The molecular weight excluding hydrogens is 372 g/mol. The maximum atomic E-state index is 11.7. The molecule has 0 fully saturated rings. The van der Waals surface area contributed by atoms with Crippen LogP contribution in [0.1, 0.15) is 59.3 Å². The summed E-state index contributed by atoms with van der Waals surface area (Å²) in [7, 11) is 0. The zero-order valence-electron chi connectivity index (χ0n) is 18.7. The van der Waals surface area contributed by atoms with Crippen molar-refractivity contribution < 1.29 is 9.53 Å². The lowest BCUT2D eigenvalue weighted by atomic mass is 9.97. The number of fused-ring (bicyclic) bond motifs is 1. The summed E-state index contributed by atoms with van der Waals surface area (Å²) in [6.45, 7) is 7.71. The molecule has 0 atom stereocenters. The number of rotatable bonds is 12. The molecule has 0 bridgehead atoms. The van der Waals surface area contributed by atoms with E-state index < -0.39 is 0 Å². The normalized spacial score (nSPS) is 12.1. The monoisotopic (exact) mass is 408 g/mol. The van der Waals surface area contributed by atoms with E-state index in [-0.39, 0.29) is 11.3 Å². The number of hydrogen-bond acceptors (Lipinski definition) is 3. The van der Waals surface area contributed by atoms with Crippen molar-refractivity contribution in [1.29, 1.82) is 0 Å². The number of nitrogens with one attached hydrogen (secondary N) is 1. The highest BCUT2D eigenvalue weighted by Crippen LogP contribution is 2.16. The molecule has 1 aromatic heterocycles. The second-order valence-electron chi connectivity index (χ2n) is 8.81. The van der Waals surface area contributed by atoms with Gasteiger partial charge in [-0.25, -0.2) is 4.98 Å². The Balaban J connectivity index is 1.46. The van der Waals surface area contributed by atoms with Crippen molar-refractivity contribution >= 4 is 16.8 Å². The molecule has 1 heterocycles. The standard InChI is InChI=1S/C26H36N2O2/c1-26(2,3)21-27-24(29)17-11-9-7-5-4-6-8-10-14-20-30-25-19-18-22-15-12-13-16-23(22)28-25/h7,9,11-13,15-19H,4-6,8,10,14,20-21H2,1-3H3,(H,27,29)/b9-7+,17-11+. The van der Waals surface area contributed by atoms with Gasteiger partial charge in [-0.1, -0.05) is 76.5 Å². The van der Waals surface area contributed by atoms with Crippen LogP contribution in [0.5, 0.6) is 5.88 Å². The smallest absolute Gasteiger partial charge is 0.243 e. The van der Waals surface area contributed by atoms with Crippen molar-refractivity contribution in [3.8, 4) is 5.88 Å². The minimum atomic E-state index is -0.0318. The molecule has 1 N–H and O–H groups in total. The molecule has 2 aromatic rings. The lowest BCUT2D eigenvalue weighted by Crippen LogP contribution is -2.30. The van der Waals surface area contributed by atoms with Crippen LogP contribution >= 0.6 is 0 Å². The first-order valence-electron chi connectivity index (χ1n) is 11.0. The van der Waals surface area contributed by atoms with Crippen LogP contribution in [0.4, 0.5) is 0 Å². The average molecular weight is 409 g/mol. The molecule has 0 radical (unpaired) electrons. The van der Waals surface area contributed by atoms with Crippen LogP contribution in [-0.4, -0.2) is 24.0 Å². The molecule has 0 saturated carbocycles. The van der Waals surface area contributed by atoms with E-state index in [1.807, 2.05) is 36.4 Å². The Labute approximate surface area is 181 Å². The Kier molecular flexibility index (Phi) is 10.1. The molecule has 0 aliphatic heterocycles. The summed E-state index contributed by atoms with van der Waals surface area (Å²) < 4.78 is 5.78. The summed E-state index contributed by atoms with van der Waals surface area (Å²) in [5.74, 6) is 0.676. The third-order valence-corrected chi connectivity index (χ3v) is 4.63. The maximum Gasteiger partial charge on any atom is 0.243 e. The highest BCUT2D eigenvalue weighted by atomic mass is 16.5. The summed E-state index contributed by atoms with van der Waals surface area (Å²) in [6.07, 6.45) is 14.4. The number of unbranched alkanes of at least 4 members (excludes halogenated alkanes) is 5. The highest BCUT2D eigenvalue weighted by Gasteiger charge is 2.10. The molecule has 0 aliphatic carbocycles. The second-order valence-corrected chi connectivity index (χ2v) is 8.81. The van der Waals surface area contributed by atoms with Gasteiger partial charge in [0.15, 0.2) is 0 Å². The summed E-state index contributed by atoms with van der Waals surface area (Å²) in [5, 5.41) is 4.04. The first-order valence-corrected chi connectivity index (χ1v) is 11.0. The molecular formula is C26H36N2O2. The Bertz CT molecular complexity index is 834. The minimum Gasteiger partial charge on any atom is -0.478 e. The van der Waals surface area contributed by atoms with Crippen molar-refractivity contribution in [3.63, 3.8) is 0 Å². The third kappa shape index (κ3) is 10.2. The Hall–Kier alpha value is -2.62. The first-order chi connectivity index (χ1) is 14.4. The lowest BCUT2D eigenvalue weighted by Gasteiger charge is -2.17. The van der Waals surface area contributed by atoms with Crippen molar-refractivity contribution in [2.45, 2.75) is 59.3 Å². The molecule has 1 amide bonds. The van der Waals surface area contributed by atoms with E-state index >= 15 is 0 Å². The number of benzene rings is 1. The van der Waals surface area contributed by atoms with Gasteiger partial charge in [0.05, 0.1) is 12.1 Å². The van der Waals surface area contributed by atoms with E-state index in [0.29, 0.717) is 19.0 Å². The van der Waals surface area contributed by atoms with Crippen molar-refractivity contribution in [2.24, 2.45) is 5.41 Å². The van der Waals surface area contributed by atoms with Gasteiger partial charge in [0.2, 0.25) is 11.8 Å². The van der Waals surface area contributed by atoms with E-state index in [2.05, 4.69) is 49.3 Å². The topological polar surface area (TPSA) is 51.2 Å². The number of allylic oxidation sites excluding steroid dienone is 3. The van der Waals surface area contributed by atoms with E-state index in [0.717, 1.165) is 23.7 Å². The molecule has 4 nitrogen and oxygen atoms in total. The zero-order valence-corrected chi connectivity index (χ0v) is 18.7. The van der Waals surface area contributed by atoms with Gasteiger partial charge >= 0.3 is 0 Å². The summed E-state index contributed by atoms with van der Waals surface area (Å²) in [4.78, 5) is 16.2. The number of aromatic nitrogens is 1. The number of pyridine rings is 1. The van der Waals surface area contributed by atoms with Gasteiger partial charge in [-0.2, -0.15) is 0 Å². The van der Waals surface area contributed by atoms with Gasteiger partial charge in [-0.15, -0.1) is 0 Å². The molecule has 0 spiro atoms. The number of amides is 1. The number of ether oxygens (including phenoxy) is 1. The predicted octanol–water partition coefficient (Wildman–Crippen LogP) is 6.23. The van der Waals surface area contributed by atoms with Crippen molar-refractivity contribution in [2.75, 3.05) is 13.2 Å². The number of carbonyl (C=O) groups excluding carboxylic acids is 1. The SMILES string of the molecule is CC(C)(C)CNC(=O)/C=C/C=C/CCCCCCCOc1ccc2ccccc2n1. The van der Waals surface area contributed by atoms with Crippen LogP contribution in [0.2, 0.25) is 0 Å². The minimum absolute atomic E-state index is 0.0318. The number of para-hydroxylation sites is 1. The molecule has 30 heavy (non-hydrogen) atoms. The Morgan fingerprint density at radius 2 is 1.77 bits per heavy atom. The van der Waals surface area contributed by atoms with Crippen LogP contribution < -0.4 is 10.1 Å². The summed E-state index contributed by atoms with van der Waals surface area (Å²) >= 11 is 0. The number of carbonyl (C=O) groups is 1. The van der Waals surface area contributed by atoms with Gasteiger partial charge in [-0.3, -0.25) is 4.79 Å². The van der Waals surface area contributed by atoms with Gasteiger partial charge in [-0.05, 0) is 36.8 Å². The predicted molar refractivity (Wildman–Crippen MR) is 126 cm³/mol. The summed E-state index contributed by atoms with van der Waals surface area (Å²) in [6, 6.07) is 12.1. The summed E-state index contributed by atoms with van der Waals surface area (Å²) in [5.41, 5.74) is 1.09. The Morgan fingerprint density at radius 3 is 2.60 bits per heavy atom. The highest BCUT2D eigenvalue weighted by molar-refractivity contribution is 5.87. The van der Waals surface area contributed by atoms with Crippen LogP contribution in [-0.2, 0) is 4.79 Å².